The van der Waals surface area contributed by atoms with E-state index in [2.05, 4.69) is 5.32 Å². The number of nitrogens with zero attached hydrogens (tertiary/aromatic N) is 1. The number of amides is 1. The fraction of sp³-hybridized carbons (Fsp3) is 0.923. The van der Waals surface area contributed by atoms with Gasteiger partial charge >= 0.3 is 6.09 Å². The summed E-state index contributed by atoms with van der Waals surface area (Å²) < 4.78 is 5.33. The van der Waals surface area contributed by atoms with Gasteiger partial charge in [0.1, 0.15) is 5.60 Å². The van der Waals surface area contributed by atoms with Gasteiger partial charge < -0.3 is 15.0 Å². The van der Waals surface area contributed by atoms with E-state index in [0.717, 1.165) is 6.54 Å². The largest absolute Gasteiger partial charge is 0.444 e. The number of ether oxygens (including phenoxy) is 1. The molecule has 0 aromatic heterocycles. The molecule has 1 atom stereocenters. The van der Waals surface area contributed by atoms with Gasteiger partial charge in [0.15, 0.2) is 0 Å². The topological polar surface area (TPSA) is 41.6 Å². The third-order valence-electron chi connectivity index (χ3n) is 3.15. The van der Waals surface area contributed by atoms with Crippen molar-refractivity contribution in [3.8, 4) is 0 Å². The first-order chi connectivity index (χ1) is 7.79. The first-order valence-corrected chi connectivity index (χ1v) is 6.49. The Balaban J connectivity index is 2.28. The van der Waals surface area contributed by atoms with Crippen LogP contribution in [0, 0.1) is 0 Å². The molecule has 0 aromatic rings. The predicted molar refractivity (Wildman–Crippen MR) is 69.1 cm³/mol. The smallest absolute Gasteiger partial charge is 0.410 e. The van der Waals surface area contributed by atoms with E-state index in [4.69, 9.17) is 4.74 Å². The summed E-state index contributed by atoms with van der Waals surface area (Å²) in [6, 6.07) is 0.815. The van der Waals surface area contributed by atoms with E-state index in [1.54, 1.807) is 11.9 Å². The van der Waals surface area contributed by atoms with Gasteiger partial charge in [-0.05, 0) is 40.5 Å². The second kappa shape index (κ2) is 5.71. The molecule has 100 valence electrons. The van der Waals surface area contributed by atoms with Crippen LogP contribution in [0.3, 0.4) is 0 Å². The van der Waals surface area contributed by atoms with Gasteiger partial charge in [0.05, 0.1) is 0 Å². The lowest BCUT2D eigenvalue weighted by molar-refractivity contribution is 0.0232. The van der Waals surface area contributed by atoms with E-state index in [1.165, 1.54) is 19.3 Å². The molecule has 0 aromatic carbocycles. The summed E-state index contributed by atoms with van der Waals surface area (Å²) in [5, 5.41) is 3.47. The quantitative estimate of drug-likeness (QED) is 0.823. The number of hydrogen-bond acceptors (Lipinski definition) is 3. The van der Waals surface area contributed by atoms with Crippen LogP contribution in [0.15, 0.2) is 0 Å². The van der Waals surface area contributed by atoms with Crippen LogP contribution in [0.5, 0.6) is 0 Å². The summed E-state index contributed by atoms with van der Waals surface area (Å²) in [6.45, 7) is 8.53. The SMILES string of the molecule is CC(CNC1CCC1)N(C)C(=O)OC(C)(C)C. The molecule has 1 unspecified atom stereocenters. The number of likely N-dealkylation sites (N-methyl/N-ethyl adjacent to an activating group) is 1. The van der Waals surface area contributed by atoms with E-state index < -0.39 is 5.60 Å². The summed E-state index contributed by atoms with van der Waals surface area (Å²) in [7, 11) is 1.79. The zero-order valence-corrected chi connectivity index (χ0v) is 11.7. The second-order valence-electron chi connectivity index (χ2n) is 5.98. The van der Waals surface area contributed by atoms with Gasteiger partial charge in [-0.25, -0.2) is 4.79 Å². The first kappa shape index (κ1) is 14.3. The molecule has 1 N–H and O–H groups in total. The third-order valence-corrected chi connectivity index (χ3v) is 3.15. The average molecular weight is 242 g/mol. The molecular weight excluding hydrogens is 216 g/mol. The second-order valence-corrected chi connectivity index (χ2v) is 5.98. The van der Waals surface area contributed by atoms with Crippen LogP contribution in [-0.4, -0.2) is 42.3 Å². The molecule has 1 rings (SSSR count). The summed E-state index contributed by atoms with van der Waals surface area (Å²) in [5.41, 5.74) is -0.424. The Morgan fingerprint density at radius 3 is 2.47 bits per heavy atom. The van der Waals surface area contributed by atoms with Crippen molar-refractivity contribution >= 4 is 6.09 Å². The van der Waals surface area contributed by atoms with Crippen molar-refractivity contribution in [1.82, 2.24) is 10.2 Å². The van der Waals surface area contributed by atoms with Crippen LogP contribution < -0.4 is 5.32 Å². The predicted octanol–water partition coefficient (Wildman–Crippen LogP) is 2.38. The zero-order chi connectivity index (χ0) is 13.1. The highest BCUT2D eigenvalue weighted by Gasteiger charge is 2.24. The molecule has 0 spiro atoms. The number of rotatable bonds is 4. The van der Waals surface area contributed by atoms with Gasteiger partial charge in [0.2, 0.25) is 0 Å². The van der Waals surface area contributed by atoms with Crippen molar-refractivity contribution in [3.05, 3.63) is 0 Å². The Bertz CT molecular complexity index is 257. The molecule has 4 heteroatoms. The molecule has 1 aliphatic rings. The molecule has 0 bridgehead atoms. The highest BCUT2D eigenvalue weighted by Crippen LogP contribution is 2.18. The molecule has 1 aliphatic carbocycles. The van der Waals surface area contributed by atoms with Crippen LogP contribution >= 0.6 is 0 Å². The van der Waals surface area contributed by atoms with Gasteiger partial charge in [-0.15, -0.1) is 0 Å². The van der Waals surface area contributed by atoms with Crippen LogP contribution in [0.2, 0.25) is 0 Å². The molecule has 17 heavy (non-hydrogen) atoms. The molecule has 0 saturated heterocycles. The normalized spacial score (nSPS) is 18.4. The van der Waals surface area contributed by atoms with Crippen molar-refractivity contribution in [3.63, 3.8) is 0 Å². The van der Waals surface area contributed by atoms with Crippen molar-refractivity contribution in [2.75, 3.05) is 13.6 Å². The number of hydrogen-bond donors (Lipinski definition) is 1. The molecule has 1 saturated carbocycles. The van der Waals surface area contributed by atoms with Crippen LogP contribution in [-0.2, 0) is 4.74 Å². The number of carbonyl (C=O) groups is 1. The minimum atomic E-state index is -0.424. The Morgan fingerprint density at radius 2 is 2.06 bits per heavy atom. The van der Waals surface area contributed by atoms with E-state index in [0.29, 0.717) is 6.04 Å². The van der Waals surface area contributed by atoms with Crippen LogP contribution in [0.4, 0.5) is 4.79 Å². The first-order valence-electron chi connectivity index (χ1n) is 6.49. The van der Waals surface area contributed by atoms with Crippen molar-refractivity contribution in [1.29, 1.82) is 0 Å². The molecule has 1 amide bonds. The lowest BCUT2D eigenvalue weighted by Crippen LogP contribution is -2.47. The van der Waals surface area contributed by atoms with E-state index in [9.17, 15) is 4.79 Å². The fourth-order valence-corrected chi connectivity index (χ4v) is 1.60. The highest BCUT2D eigenvalue weighted by molar-refractivity contribution is 5.68. The van der Waals surface area contributed by atoms with Crippen molar-refractivity contribution < 1.29 is 9.53 Å². The van der Waals surface area contributed by atoms with Crippen LogP contribution in [0.1, 0.15) is 47.0 Å². The average Bonchev–Trinajstić information content (AvgIpc) is 2.11. The van der Waals surface area contributed by atoms with Crippen molar-refractivity contribution in [2.45, 2.75) is 64.6 Å². The maximum Gasteiger partial charge on any atom is 0.410 e. The fourth-order valence-electron chi connectivity index (χ4n) is 1.60. The van der Waals surface area contributed by atoms with E-state index >= 15 is 0 Å². The van der Waals surface area contributed by atoms with E-state index in [-0.39, 0.29) is 12.1 Å². The van der Waals surface area contributed by atoms with Crippen molar-refractivity contribution in [2.24, 2.45) is 0 Å². The van der Waals surface area contributed by atoms with Gasteiger partial charge in [0, 0.05) is 25.7 Å². The molecule has 0 heterocycles. The lowest BCUT2D eigenvalue weighted by Gasteiger charge is -2.32. The molecule has 0 aliphatic heterocycles. The molecule has 1 fully saturated rings. The summed E-state index contributed by atoms with van der Waals surface area (Å²) >= 11 is 0. The Kier molecular flexibility index (Phi) is 4.80. The Labute approximate surface area is 105 Å². The third kappa shape index (κ3) is 4.94. The molecular formula is C13H26N2O2. The maximum absolute atomic E-state index is 11.8. The Hall–Kier alpha value is -0.770. The van der Waals surface area contributed by atoms with Gasteiger partial charge in [-0.3, -0.25) is 0 Å². The minimum absolute atomic E-state index is 0.158. The van der Waals surface area contributed by atoms with Gasteiger partial charge in [-0.2, -0.15) is 0 Å². The minimum Gasteiger partial charge on any atom is -0.444 e. The lowest BCUT2D eigenvalue weighted by atomic mass is 9.93. The standard InChI is InChI=1S/C13H26N2O2/c1-10(9-14-11-7-6-8-11)15(5)12(16)17-13(2,3)4/h10-11,14H,6-9H2,1-5H3. The van der Waals surface area contributed by atoms with E-state index in [1.807, 2.05) is 27.7 Å². The van der Waals surface area contributed by atoms with Crippen LogP contribution in [0.25, 0.3) is 0 Å². The van der Waals surface area contributed by atoms with Gasteiger partial charge in [-0.1, -0.05) is 6.42 Å². The number of nitrogens with one attached hydrogen (secondary N) is 1. The number of carbonyl (C=O) groups excluding carboxylic acids is 1. The van der Waals surface area contributed by atoms with Gasteiger partial charge in [0.25, 0.3) is 0 Å². The summed E-state index contributed by atoms with van der Waals surface area (Å²) in [6.07, 6.45) is 3.61. The highest BCUT2D eigenvalue weighted by atomic mass is 16.6. The zero-order valence-electron chi connectivity index (χ0n) is 11.7. The summed E-state index contributed by atoms with van der Waals surface area (Å²) in [5.74, 6) is 0. The summed E-state index contributed by atoms with van der Waals surface area (Å²) in [4.78, 5) is 13.5. The molecule has 4 nitrogen and oxygen atoms in total. The monoisotopic (exact) mass is 242 g/mol. The maximum atomic E-state index is 11.8. The Morgan fingerprint density at radius 1 is 1.47 bits per heavy atom. The molecule has 0 radical (unpaired) electrons.